The van der Waals surface area contributed by atoms with Gasteiger partial charge in [-0.15, -0.1) is 0 Å². The fraction of sp³-hybridized carbons (Fsp3) is 0.370. The van der Waals surface area contributed by atoms with Crippen LogP contribution in [0.5, 0.6) is 5.88 Å². The van der Waals surface area contributed by atoms with E-state index in [1.807, 2.05) is 30.3 Å². The zero-order chi connectivity index (χ0) is 25.7. The maximum atomic E-state index is 14.8. The number of H-pyrrole nitrogens is 1. The molecule has 0 bridgehead atoms. The standard InChI is InChI=1S/C27H30FN3O5/c28-21-16-20(23(32)15-17-7-3-1-4-8-17)12-11-18(21)13-14-22-26(34)31(27(35)29-22)24(25(33)30-36)19-9-5-2-6-10-19/h1,3-4,7-8,11-12,16,19,24,34,36H,2,5-6,9-10,13-15H2,(H,29,35)(H,30,33). The average molecular weight is 496 g/mol. The number of carbonyl (C=O) groups is 2. The molecule has 8 nitrogen and oxygen atoms in total. The molecule has 190 valence electrons. The summed E-state index contributed by atoms with van der Waals surface area (Å²) in [4.78, 5) is 40.2. The summed E-state index contributed by atoms with van der Waals surface area (Å²) in [5.74, 6) is -2.09. The summed E-state index contributed by atoms with van der Waals surface area (Å²) < 4.78 is 15.8. The number of benzene rings is 2. The number of imidazole rings is 1. The number of hydroxylamine groups is 1. The molecule has 4 rings (SSSR count). The molecule has 9 heteroatoms. The number of halogens is 1. The van der Waals surface area contributed by atoms with Crippen LogP contribution in [0.2, 0.25) is 0 Å². The predicted molar refractivity (Wildman–Crippen MR) is 131 cm³/mol. The van der Waals surface area contributed by atoms with Crippen LogP contribution < -0.4 is 11.2 Å². The van der Waals surface area contributed by atoms with E-state index in [-0.39, 0.29) is 42.2 Å². The average Bonchev–Trinajstić information content (AvgIpc) is 3.17. The van der Waals surface area contributed by atoms with E-state index >= 15 is 0 Å². The van der Waals surface area contributed by atoms with Crippen LogP contribution in [0.4, 0.5) is 4.39 Å². The highest BCUT2D eigenvalue weighted by Crippen LogP contribution is 2.35. The summed E-state index contributed by atoms with van der Waals surface area (Å²) in [6.07, 6.45) is 4.67. The molecule has 4 N–H and O–H groups in total. The molecular weight excluding hydrogens is 465 g/mol. The minimum absolute atomic E-state index is 0.112. The summed E-state index contributed by atoms with van der Waals surface area (Å²) in [5.41, 5.74) is 2.58. The van der Waals surface area contributed by atoms with Gasteiger partial charge in [-0.2, -0.15) is 0 Å². The van der Waals surface area contributed by atoms with E-state index in [9.17, 15) is 29.1 Å². The van der Waals surface area contributed by atoms with Crippen LogP contribution in [0.3, 0.4) is 0 Å². The molecule has 1 saturated carbocycles. The van der Waals surface area contributed by atoms with Crippen molar-refractivity contribution >= 4 is 11.7 Å². The summed E-state index contributed by atoms with van der Waals surface area (Å²) in [6, 6.07) is 12.5. The second-order valence-electron chi connectivity index (χ2n) is 9.31. The highest BCUT2D eigenvalue weighted by Gasteiger charge is 2.34. The van der Waals surface area contributed by atoms with Crippen molar-refractivity contribution in [2.45, 2.75) is 57.4 Å². The third kappa shape index (κ3) is 5.57. The van der Waals surface area contributed by atoms with Crippen molar-refractivity contribution in [3.63, 3.8) is 0 Å². The number of hydrogen-bond donors (Lipinski definition) is 4. The molecule has 1 heterocycles. The maximum Gasteiger partial charge on any atom is 0.329 e. The van der Waals surface area contributed by atoms with E-state index in [4.69, 9.17) is 0 Å². The number of aromatic hydroxyl groups is 1. The van der Waals surface area contributed by atoms with Gasteiger partial charge < -0.3 is 10.1 Å². The van der Waals surface area contributed by atoms with Crippen molar-refractivity contribution in [1.82, 2.24) is 15.0 Å². The van der Waals surface area contributed by atoms with Gasteiger partial charge in [0.25, 0.3) is 5.91 Å². The molecule has 0 saturated heterocycles. The van der Waals surface area contributed by atoms with Crippen LogP contribution in [0.15, 0.2) is 53.3 Å². The molecule has 0 spiro atoms. The second kappa shape index (κ2) is 11.3. The van der Waals surface area contributed by atoms with E-state index in [0.29, 0.717) is 18.4 Å². The SMILES string of the molecule is O=C(Cc1ccccc1)c1ccc(CCc2[nH]c(=O)n(C(C(=O)NO)C3CCCCC3)c2O)c(F)c1. The molecule has 36 heavy (non-hydrogen) atoms. The fourth-order valence-electron chi connectivity index (χ4n) is 5.04. The molecule has 2 aromatic carbocycles. The summed E-state index contributed by atoms with van der Waals surface area (Å²) in [5, 5.41) is 20.0. The lowest BCUT2D eigenvalue weighted by Crippen LogP contribution is -2.39. The number of ketones is 1. The molecule has 1 aliphatic carbocycles. The van der Waals surface area contributed by atoms with Crippen molar-refractivity contribution in [3.05, 3.63) is 87.2 Å². The van der Waals surface area contributed by atoms with Gasteiger partial charge >= 0.3 is 5.69 Å². The Balaban J connectivity index is 1.48. The van der Waals surface area contributed by atoms with Crippen molar-refractivity contribution in [3.8, 4) is 5.88 Å². The second-order valence-corrected chi connectivity index (χ2v) is 9.31. The van der Waals surface area contributed by atoms with Crippen molar-refractivity contribution in [1.29, 1.82) is 0 Å². The topological polar surface area (TPSA) is 124 Å². The monoisotopic (exact) mass is 495 g/mol. The fourth-order valence-corrected chi connectivity index (χ4v) is 5.04. The van der Waals surface area contributed by atoms with Crippen LogP contribution in [-0.2, 0) is 24.1 Å². The highest BCUT2D eigenvalue weighted by molar-refractivity contribution is 5.97. The lowest BCUT2D eigenvalue weighted by atomic mass is 9.83. The van der Waals surface area contributed by atoms with E-state index in [1.54, 1.807) is 11.5 Å². The number of carbonyl (C=O) groups excluding carboxylic acids is 2. The van der Waals surface area contributed by atoms with Crippen LogP contribution in [0.25, 0.3) is 0 Å². The van der Waals surface area contributed by atoms with Gasteiger partial charge in [0.15, 0.2) is 5.78 Å². The van der Waals surface area contributed by atoms with Crippen LogP contribution in [0, 0.1) is 11.7 Å². The quantitative estimate of drug-likeness (QED) is 0.204. The third-order valence-corrected chi connectivity index (χ3v) is 6.95. The first-order valence-corrected chi connectivity index (χ1v) is 12.2. The van der Waals surface area contributed by atoms with E-state index in [0.717, 1.165) is 29.4 Å². The molecule has 0 aliphatic heterocycles. The smallest absolute Gasteiger partial charge is 0.329 e. The Morgan fingerprint density at radius 2 is 1.81 bits per heavy atom. The van der Waals surface area contributed by atoms with Gasteiger partial charge in [-0.25, -0.2) is 14.7 Å². The largest absolute Gasteiger partial charge is 0.493 e. The predicted octanol–water partition coefficient (Wildman–Crippen LogP) is 3.86. The van der Waals surface area contributed by atoms with E-state index in [2.05, 4.69) is 4.98 Å². The Kier molecular flexibility index (Phi) is 8.00. The Bertz CT molecular complexity index is 1280. The van der Waals surface area contributed by atoms with Crippen molar-refractivity contribution in [2.75, 3.05) is 0 Å². The Hall–Kier alpha value is -3.72. The first kappa shape index (κ1) is 25.4. The molecule has 0 radical (unpaired) electrons. The lowest BCUT2D eigenvalue weighted by molar-refractivity contribution is -0.135. The number of Topliss-reactive ketones (excluding diaryl/α,β-unsaturated/α-hetero) is 1. The first-order valence-electron chi connectivity index (χ1n) is 12.2. The molecule has 1 atom stereocenters. The number of aryl methyl sites for hydroxylation is 2. The van der Waals surface area contributed by atoms with Gasteiger partial charge in [0.05, 0.1) is 5.69 Å². The Labute approximate surface area is 207 Å². The zero-order valence-electron chi connectivity index (χ0n) is 19.9. The number of rotatable bonds is 9. The zero-order valence-corrected chi connectivity index (χ0v) is 19.9. The molecule has 3 aromatic rings. The minimum atomic E-state index is -1.04. The molecule has 1 amide bonds. The lowest BCUT2D eigenvalue weighted by Gasteiger charge is -2.29. The molecule has 1 unspecified atom stereocenters. The summed E-state index contributed by atoms with van der Waals surface area (Å²) in [6.45, 7) is 0. The number of amides is 1. The third-order valence-electron chi connectivity index (χ3n) is 6.95. The van der Waals surface area contributed by atoms with Crippen LogP contribution in [-0.4, -0.2) is 31.6 Å². The number of nitrogens with one attached hydrogen (secondary N) is 2. The van der Waals surface area contributed by atoms with Gasteiger partial charge in [-0.1, -0.05) is 61.7 Å². The Morgan fingerprint density at radius 1 is 1.08 bits per heavy atom. The van der Waals surface area contributed by atoms with Gasteiger partial charge in [-0.3, -0.25) is 19.4 Å². The Morgan fingerprint density at radius 3 is 2.47 bits per heavy atom. The number of aromatic amines is 1. The van der Waals surface area contributed by atoms with Gasteiger partial charge in [0, 0.05) is 12.0 Å². The number of nitrogens with zero attached hydrogens (tertiary/aromatic N) is 1. The first-order chi connectivity index (χ1) is 17.4. The number of hydrogen-bond acceptors (Lipinski definition) is 5. The molecule has 1 aromatic heterocycles. The van der Waals surface area contributed by atoms with Crippen LogP contribution in [0.1, 0.15) is 65.3 Å². The van der Waals surface area contributed by atoms with E-state index in [1.165, 1.54) is 12.1 Å². The normalized spacial score (nSPS) is 14.9. The summed E-state index contributed by atoms with van der Waals surface area (Å²) >= 11 is 0. The highest BCUT2D eigenvalue weighted by atomic mass is 19.1. The number of aromatic nitrogens is 2. The minimum Gasteiger partial charge on any atom is -0.493 e. The maximum absolute atomic E-state index is 14.8. The van der Waals surface area contributed by atoms with Gasteiger partial charge in [0.1, 0.15) is 11.9 Å². The molecular formula is C27H30FN3O5. The van der Waals surface area contributed by atoms with Crippen molar-refractivity contribution < 1.29 is 24.3 Å². The van der Waals surface area contributed by atoms with Crippen LogP contribution >= 0.6 is 0 Å². The van der Waals surface area contributed by atoms with E-state index < -0.39 is 29.3 Å². The summed E-state index contributed by atoms with van der Waals surface area (Å²) in [7, 11) is 0. The molecule has 1 fully saturated rings. The molecule has 1 aliphatic rings. The van der Waals surface area contributed by atoms with Crippen molar-refractivity contribution in [2.24, 2.45) is 5.92 Å². The van der Waals surface area contributed by atoms with Gasteiger partial charge in [0.2, 0.25) is 5.88 Å². The van der Waals surface area contributed by atoms with Gasteiger partial charge in [-0.05, 0) is 48.8 Å².